The number of aliphatic imine (C=N–C) groups is 1. The molecule has 0 radical (unpaired) electrons. The second-order valence-electron chi connectivity index (χ2n) is 9.59. The largest absolute Gasteiger partial charge is 0.476 e. The predicted octanol–water partition coefficient (Wildman–Crippen LogP) is 5.39. The fraction of sp³-hybridized carbons (Fsp3) is 0.370. The average molecular weight is 590 g/mol. The minimum Gasteiger partial charge on any atom is -0.476 e. The van der Waals surface area contributed by atoms with Crippen molar-refractivity contribution in [1.29, 1.82) is 0 Å². The Morgan fingerprint density at radius 1 is 1.23 bits per heavy atom. The van der Waals surface area contributed by atoms with Crippen LogP contribution >= 0.6 is 22.9 Å². The first-order chi connectivity index (χ1) is 19.2. The molecule has 9 nitrogen and oxygen atoms in total. The summed E-state index contributed by atoms with van der Waals surface area (Å²) in [6.45, 7) is 1.79. The number of rotatable bonds is 7. The van der Waals surface area contributed by atoms with E-state index in [2.05, 4.69) is 15.4 Å². The number of hydrogen-bond acceptors (Lipinski definition) is 8. The Morgan fingerprint density at radius 3 is 2.58 bits per heavy atom. The zero-order valence-corrected chi connectivity index (χ0v) is 23.2. The lowest BCUT2D eigenvalue weighted by molar-refractivity contribution is -0.139. The second-order valence-corrected chi connectivity index (χ2v) is 10.9. The number of carboxylic acid groups (broad SMARTS) is 1. The molecule has 1 atom stereocenters. The minimum absolute atomic E-state index is 0.00331. The van der Waals surface area contributed by atoms with Crippen molar-refractivity contribution in [3.8, 4) is 0 Å². The quantitative estimate of drug-likeness (QED) is 0.280. The van der Waals surface area contributed by atoms with Crippen molar-refractivity contribution < 1.29 is 28.2 Å². The van der Waals surface area contributed by atoms with Crippen molar-refractivity contribution in [2.24, 2.45) is 18.0 Å². The van der Waals surface area contributed by atoms with Crippen LogP contribution in [0.3, 0.4) is 0 Å². The van der Waals surface area contributed by atoms with Crippen molar-refractivity contribution >= 4 is 40.7 Å². The summed E-state index contributed by atoms with van der Waals surface area (Å²) in [5.74, 6) is -3.68. The molecule has 40 heavy (non-hydrogen) atoms. The number of carboxylic acids is 1. The van der Waals surface area contributed by atoms with E-state index in [9.17, 15) is 23.5 Å². The number of hydrogen-bond donors (Lipinski definition) is 2. The molecule has 2 N–H and O–H groups in total. The number of nitrogens with one attached hydrogen (secondary N) is 1. The van der Waals surface area contributed by atoms with Crippen LogP contribution in [0, 0.1) is 17.6 Å². The number of aromatic carboxylic acids is 1. The van der Waals surface area contributed by atoms with Gasteiger partial charge in [0.05, 0.1) is 17.2 Å². The topological polar surface area (TPSA) is 119 Å². The van der Waals surface area contributed by atoms with Crippen LogP contribution in [-0.2, 0) is 16.6 Å². The molecule has 0 spiro atoms. The van der Waals surface area contributed by atoms with Crippen LogP contribution in [-0.4, -0.2) is 44.3 Å². The van der Waals surface area contributed by atoms with E-state index in [0.717, 1.165) is 11.8 Å². The molecule has 1 aromatic carbocycles. The van der Waals surface area contributed by atoms with Crippen LogP contribution in [0.15, 0.2) is 46.0 Å². The average Bonchev–Trinajstić information content (AvgIpc) is 3.62. The number of esters is 1. The molecule has 1 aliphatic carbocycles. The molecule has 1 aliphatic heterocycles. The molecular formula is C27H26ClF2N5O4S. The normalized spacial score (nSPS) is 21.1. The Hall–Kier alpha value is -3.64. The highest BCUT2D eigenvalue weighted by atomic mass is 35.5. The maximum atomic E-state index is 14.6. The van der Waals surface area contributed by atoms with E-state index in [1.165, 1.54) is 17.4 Å². The van der Waals surface area contributed by atoms with E-state index < -0.39 is 34.6 Å². The molecule has 0 amide bonds. The summed E-state index contributed by atoms with van der Waals surface area (Å²) in [6.07, 6.45) is 4.37. The highest BCUT2D eigenvalue weighted by Gasteiger charge is 2.39. The van der Waals surface area contributed by atoms with Crippen LogP contribution < -0.4 is 5.32 Å². The smallest absolute Gasteiger partial charge is 0.356 e. The second kappa shape index (κ2) is 11.5. The van der Waals surface area contributed by atoms with E-state index in [0.29, 0.717) is 42.2 Å². The van der Waals surface area contributed by atoms with Gasteiger partial charge in [-0.2, -0.15) is 5.10 Å². The molecule has 5 rings (SSSR count). The summed E-state index contributed by atoms with van der Waals surface area (Å²) < 4.78 is 35.5. The summed E-state index contributed by atoms with van der Waals surface area (Å²) in [6, 6.07) is 2.84. The maximum Gasteiger partial charge on any atom is 0.356 e. The van der Waals surface area contributed by atoms with Crippen LogP contribution in [0.1, 0.15) is 71.3 Å². The number of amidine groups is 1. The molecule has 2 aliphatic rings. The summed E-state index contributed by atoms with van der Waals surface area (Å²) in [7, 11) is 1.73. The van der Waals surface area contributed by atoms with Crippen LogP contribution in [0.4, 0.5) is 8.78 Å². The molecule has 13 heteroatoms. The number of aromatic nitrogens is 3. The zero-order chi connectivity index (χ0) is 28.6. The van der Waals surface area contributed by atoms with Crippen molar-refractivity contribution in [2.45, 2.75) is 44.6 Å². The standard InChI is InChI=1S/C27H26ClF2N5O4S/c1-3-39-27(38)19-22(14-6-4-13(5-7-14)18-12-17(26(36)37)34-35(18)2)32-24(25-31-10-11-40-25)33-23(19)15-8-9-16(29)21(30)20(15)28/h8-14,23H,3-7H2,1-2H3,(H,32,33)(H,36,37). The number of thiazole rings is 1. The van der Waals surface area contributed by atoms with E-state index in [4.69, 9.17) is 21.3 Å². The number of benzene rings is 1. The van der Waals surface area contributed by atoms with Crippen LogP contribution in [0.2, 0.25) is 5.02 Å². The monoisotopic (exact) mass is 589 g/mol. The molecular weight excluding hydrogens is 564 g/mol. The molecule has 2 aromatic heterocycles. The highest BCUT2D eigenvalue weighted by molar-refractivity contribution is 7.11. The van der Waals surface area contributed by atoms with Gasteiger partial charge in [-0.25, -0.2) is 23.4 Å². The number of halogens is 3. The van der Waals surface area contributed by atoms with Gasteiger partial charge >= 0.3 is 11.9 Å². The van der Waals surface area contributed by atoms with E-state index in [1.54, 1.807) is 36.3 Å². The lowest BCUT2D eigenvalue weighted by Gasteiger charge is -2.35. The first-order valence-electron chi connectivity index (χ1n) is 12.8. The van der Waals surface area contributed by atoms with Gasteiger partial charge in [-0.3, -0.25) is 9.67 Å². The minimum atomic E-state index is -1.22. The van der Waals surface area contributed by atoms with Gasteiger partial charge in [-0.05, 0) is 50.7 Å². The zero-order valence-electron chi connectivity index (χ0n) is 21.7. The SMILES string of the molecule is CCOC(=O)C1=C(C2CCC(c3cc(C(=O)O)nn3C)CC2)NC(c2nccs2)=NC1c1ccc(F)c(F)c1Cl. The molecule has 0 saturated heterocycles. The Balaban J connectivity index is 1.55. The third kappa shape index (κ3) is 5.25. The van der Waals surface area contributed by atoms with Gasteiger partial charge in [0, 0.05) is 41.5 Å². The van der Waals surface area contributed by atoms with E-state index in [1.807, 2.05) is 0 Å². The summed E-state index contributed by atoms with van der Waals surface area (Å²) in [4.78, 5) is 33.9. The van der Waals surface area contributed by atoms with Crippen molar-refractivity contribution in [2.75, 3.05) is 6.61 Å². The molecule has 210 valence electrons. The first-order valence-corrected chi connectivity index (χ1v) is 14.0. The van der Waals surface area contributed by atoms with Crippen molar-refractivity contribution in [1.82, 2.24) is 20.1 Å². The Kier molecular flexibility index (Phi) is 7.99. The number of nitrogens with zero attached hydrogens (tertiary/aromatic N) is 4. The lowest BCUT2D eigenvalue weighted by Crippen LogP contribution is -2.38. The highest BCUT2D eigenvalue weighted by Crippen LogP contribution is 2.44. The van der Waals surface area contributed by atoms with E-state index >= 15 is 0 Å². The van der Waals surface area contributed by atoms with E-state index in [-0.39, 0.29) is 35.3 Å². The molecule has 1 saturated carbocycles. The summed E-state index contributed by atoms with van der Waals surface area (Å²) in [5.41, 5.74) is 1.74. The third-order valence-corrected chi connectivity index (χ3v) is 8.42. The van der Waals surface area contributed by atoms with Gasteiger partial charge in [-0.15, -0.1) is 11.3 Å². The number of aryl methyl sites for hydroxylation is 1. The van der Waals surface area contributed by atoms with Crippen LogP contribution in [0.5, 0.6) is 0 Å². The van der Waals surface area contributed by atoms with Crippen LogP contribution in [0.25, 0.3) is 0 Å². The van der Waals surface area contributed by atoms with Gasteiger partial charge in [-0.1, -0.05) is 17.7 Å². The third-order valence-electron chi connectivity index (χ3n) is 7.25. The Bertz CT molecular complexity index is 1510. The van der Waals surface area contributed by atoms with Gasteiger partial charge in [0.15, 0.2) is 28.2 Å². The number of carbonyl (C=O) groups is 2. The van der Waals surface area contributed by atoms with Gasteiger partial charge in [0.25, 0.3) is 0 Å². The van der Waals surface area contributed by atoms with Crippen molar-refractivity contribution in [3.05, 3.63) is 79.7 Å². The molecule has 3 heterocycles. The fourth-order valence-corrected chi connectivity index (χ4v) is 6.24. The lowest BCUT2D eigenvalue weighted by atomic mass is 9.77. The molecule has 1 fully saturated rings. The van der Waals surface area contributed by atoms with Crippen molar-refractivity contribution in [3.63, 3.8) is 0 Å². The Labute approximate surface area is 237 Å². The predicted molar refractivity (Wildman–Crippen MR) is 144 cm³/mol. The van der Waals surface area contributed by atoms with Gasteiger partial charge in [0.2, 0.25) is 0 Å². The summed E-state index contributed by atoms with van der Waals surface area (Å²) >= 11 is 7.61. The Morgan fingerprint density at radius 2 is 1.95 bits per heavy atom. The first kappa shape index (κ1) is 27.9. The number of ether oxygens (including phenoxy) is 1. The number of allylic oxidation sites excluding steroid dienone is 1. The fourth-order valence-electron chi connectivity index (χ4n) is 5.39. The molecule has 1 unspecified atom stereocenters. The molecule has 3 aromatic rings. The molecule has 0 bridgehead atoms. The maximum absolute atomic E-state index is 14.6. The number of carbonyl (C=O) groups excluding carboxylic acids is 1. The van der Waals surface area contributed by atoms with Gasteiger partial charge in [0.1, 0.15) is 6.04 Å². The summed E-state index contributed by atoms with van der Waals surface area (Å²) in [5, 5.41) is 18.6. The van der Waals surface area contributed by atoms with Gasteiger partial charge < -0.3 is 15.2 Å².